The van der Waals surface area contributed by atoms with Crippen LogP contribution in [0.25, 0.3) is 0 Å². The lowest BCUT2D eigenvalue weighted by molar-refractivity contribution is -0.116. The zero-order valence-corrected chi connectivity index (χ0v) is 17.2. The van der Waals surface area contributed by atoms with Crippen molar-refractivity contribution in [2.45, 2.75) is 85.7 Å². The van der Waals surface area contributed by atoms with Crippen LogP contribution in [0.15, 0.2) is 10.3 Å². The summed E-state index contributed by atoms with van der Waals surface area (Å²) in [4.78, 5) is 11.1. The van der Waals surface area contributed by atoms with Gasteiger partial charge in [-0.2, -0.15) is 0 Å². The van der Waals surface area contributed by atoms with Crippen LogP contribution in [0.2, 0.25) is 0 Å². The number of ketones is 1. The molecule has 0 spiro atoms. The average molecular weight is 359 g/mol. The predicted octanol–water partition coefficient (Wildman–Crippen LogP) is 3.19. The monoisotopic (exact) mass is 358 g/mol. The SMILES string of the molecule is CC.CC(=O)CC/C(=N\O)C(C)(C)NCCCNC(C)(C)/C(C)=N/O. The van der Waals surface area contributed by atoms with E-state index in [2.05, 4.69) is 20.9 Å². The fraction of sp³-hybridized carbons (Fsp3) is 0.833. The Morgan fingerprint density at radius 2 is 1.36 bits per heavy atom. The second-order valence-electron chi connectivity index (χ2n) is 6.89. The Morgan fingerprint density at radius 1 is 0.880 bits per heavy atom. The maximum absolute atomic E-state index is 11.1. The Labute approximate surface area is 152 Å². The minimum atomic E-state index is -0.470. The van der Waals surface area contributed by atoms with E-state index in [1.165, 1.54) is 6.92 Å². The molecule has 0 aliphatic rings. The number of carbonyl (C=O) groups is 1. The number of Topliss-reactive ketones (excluding diaryl/α,β-unsaturated/α-hetero) is 1. The molecule has 4 N–H and O–H groups in total. The van der Waals surface area contributed by atoms with E-state index in [0.717, 1.165) is 19.5 Å². The van der Waals surface area contributed by atoms with E-state index in [1.54, 1.807) is 6.92 Å². The number of rotatable bonds is 11. The van der Waals surface area contributed by atoms with Crippen molar-refractivity contribution < 1.29 is 15.2 Å². The van der Waals surface area contributed by atoms with Gasteiger partial charge in [0.15, 0.2) is 0 Å². The van der Waals surface area contributed by atoms with Gasteiger partial charge < -0.3 is 25.8 Å². The third-order valence-electron chi connectivity index (χ3n) is 4.10. The molecule has 0 aliphatic carbocycles. The molecule has 0 aromatic heterocycles. The molecular weight excluding hydrogens is 320 g/mol. The van der Waals surface area contributed by atoms with E-state index in [4.69, 9.17) is 10.4 Å². The quantitative estimate of drug-likeness (QED) is 0.196. The number of hydrogen-bond acceptors (Lipinski definition) is 7. The van der Waals surface area contributed by atoms with Gasteiger partial charge in [-0.1, -0.05) is 24.2 Å². The van der Waals surface area contributed by atoms with E-state index < -0.39 is 5.54 Å². The Bertz CT molecular complexity index is 444. The Kier molecular flexibility index (Phi) is 13.2. The molecule has 0 amide bonds. The normalized spacial score (nSPS) is 13.3. The van der Waals surface area contributed by atoms with Crippen molar-refractivity contribution in [1.29, 1.82) is 0 Å². The van der Waals surface area contributed by atoms with Gasteiger partial charge in [0, 0.05) is 6.42 Å². The molecule has 148 valence electrons. The summed E-state index contributed by atoms with van der Waals surface area (Å²) in [6.07, 6.45) is 1.68. The van der Waals surface area contributed by atoms with Gasteiger partial charge in [-0.3, -0.25) is 0 Å². The van der Waals surface area contributed by atoms with E-state index in [9.17, 15) is 4.79 Å². The average Bonchev–Trinajstić information content (AvgIpc) is 2.55. The number of nitrogens with one attached hydrogen (secondary N) is 2. The first kappa shape index (κ1) is 25.8. The molecule has 0 aromatic rings. The predicted molar refractivity (Wildman–Crippen MR) is 104 cm³/mol. The van der Waals surface area contributed by atoms with Crippen LogP contribution in [0.5, 0.6) is 0 Å². The third kappa shape index (κ3) is 10.9. The third-order valence-corrected chi connectivity index (χ3v) is 4.10. The highest BCUT2D eigenvalue weighted by atomic mass is 16.4. The minimum Gasteiger partial charge on any atom is -0.411 e. The summed E-state index contributed by atoms with van der Waals surface area (Å²) in [7, 11) is 0. The molecule has 0 fully saturated rings. The van der Waals surface area contributed by atoms with Crippen LogP contribution < -0.4 is 10.6 Å². The maximum Gasteiger partial charge on any atom is 0.130 e. The Morgan fingerprint density at radius 3 is 1.76 bits per heavy atom. The van der Waals surface area contributed by atoms with E-state index in [-0.39, 0.29) is 11.3 Å². The molecule has 0 aromatic carbocycles. The first-order chi connectivity index (χ1) is 11.6. The second kappa shape index (κ2) is 12.8. The van der Waals surface area contributed by atoms with Crippen molar-refractivity contribution >= 4 is 17.2 Å². The van der Waals surface area contributed by atoms with Crippen LogP contribution >= 0.6 is 0 Å². The van der Waals surface area contributed by atoms with E-state index in [1.807, 2.05) is 41.5 Å². The van der Waals surface area contributed by atoms with Crippen molar-refractivity contribution in [2.75, 3.05) is 13.1 Å². The van der Waals surface area contributed by atoms with Gasteiger partial charge in [-0.15, -0.1) is 0 Å². The fourth-order valence-electron chi connectivity index (χ4n) is 2.03. The molecule has 0 radical (unpaired) electrons. The molecule has 0 heterocycles. The molecule has 0 atom stereocenters. The number of carbonyl (C=O) groups excluding carboxylic acids is 1. The summed E-state index contributed by atoms with van der Waals surface area (Å²) in [5, 5.41) is 31.2. The van der Waals surface area contributed by atoms with Gasteiger partial charge in [-0.25, -0.2) is 0 Å². The van der Waals surface area contributed by atoms with E-state index >= 15 is 0 Å². The first-order valence-corrected chi connectivity index (χ1v) is 8.97. The van der Waals surface area contributed by atoms with Gasteiger partial charge in [-0.05, 0) is 67.5 Å². The first-order valence-electron chi connectivity index (χ1n) is 8.97. The molecule has 25 heavy (non-hydrogen) atoms. The Balaban J connectivity index is 0. The second-order valence-corrected chi connectivity index (χ2v) is 6.89. The molecule has 7 heteroatoms. The lowest BCUT2D eigenvalue weighted by Gasteiger charge is -2.28. The van der Waals surface area contributed by atoms with Crippen LogP contribution in [-0.4, -0.2) is 51.8 Å². The smallest absolute Gasteiger partial charge is 0.130 e. The summed E-state index contributed by atoms with van der Waals surface area (Å²) >= 11 is 0. The van der Waals surface area contributed by atoms with Crippen molar-refractivity contribution in [1.82, 2.24) is 10.6 Å². The van der Waals surface area contributed by atoms with Crippen molar-refractivity contribution in [3.8, 4) is 0 Å². The zero-order chi connectivity index (χ0) is 20.1. The molecule has 0 saturated carbocycles. The summed E-state index contributed by atoms with van der Waals surface area (Å²) in [5.41, 5.74) is 0.375. The summed E-state index contributed by atoms with van der Waals surface area (Å²) < 4.78 is 0. The lowest BCUT2D eigenvalue weighted by Crippen LogP contribution is -2.49. The van der Waals surface area contributed by atoms with Gasteiger partial charge in [0.25, 0.3) is 0 Å². The lowest BCUT2D eigenvalue weighted by atomic mass is 9.93. The number of nitrogens with zero attached hydrogens (tertiary/aromatic N) is 2. The van der Waals surface area contributed by atoms with Gasteiger partial charge in [0.2, 0.25) is 0 Å². The summed E-state index contributed by atoms with van der Waals surface area (Å²) in [6, 6.07) is 0. The van der Waals surface area contributed by atoms with Gasteiger partial charge in [0.05, 0.1) is 22.5 Å². The van der Waals surface area contributed by atoms with Crippen LogP contribution in [0.3, 0.4) is 0 Å². The standard InChI is InChI=1S/C16H32N4O3.C2H6/c1-12(21)8-9-14(20-23)16(5,6)18-11-7-10-17-15(3,4)13(2)19-22;1-2/h17-18,22-23H,7-11H2,1-6H3;1-2H3/b19-13+,20-14+;. The van der Waals surface area contributed by atoms with Gasteiger partial charge >= 0.3 is 0 Å². The molecule has 7 nitrogen and oxygen atoms in total. The number of hydrogen-bond donors (Lipinski definition) is 4. The van der Waals surface area contributed by atoms with Crippen LogP contribution in [0.1, 0.15) is 74.7 Å². The Hall–Kier alpha value is -1.47. The largest absolute Gasteiger partial charge is 0.411 e. The topological polar surface area (TPSA) is 106 Å². The summed E-state index contributed by atoms with van der Waals surface area (Å²) in [6.45, 7) is 16.6. The van der Waals surface area contributed by atoms with E-state index in [0.29, 0.717) is 24.3 Å². The van der Waals surface area contributed by atoms with Crippen LogP contribution in [0, 0.1) is 0 Å². The highest BCUT2D eigenvalue weighted by Gasteiger charge is 2.25. The molecule has 0 bridgehead atoms. The molecule has 0 unspecified atom stereocenters. The van der Waals surface area contributed by atoms with Crippen LogP contribution in [0.4, 0.5) is 0 Å². The summed E-state index contributed by atoms with van der Waals surface area (Å²) in [5.74, 6) is 0.0781. The molecule has 0 saturated heterocycles. The minimum absolute atomic E-state index is 0.0781. The van der Waals surface area contributed by atoms with Crippen LogP contribution in [-0.2, 0) is 4.79 Å². The molecule has 0 rings (SSSR count). The molecule has 0 aliphatic heterocycles. The van der Waals surface area contributed by atoms with Crippen molar-refractivity contribution in [2.24, 2.45) is 10.3 Å². The maximum atomic E-state index is 11.1. The fourth-order valence-corrected chi connectivity index (χ4v) is 2.03. The van der Waals surface area contributed by atoms with Gasteiger partial charge in [0.1, 0.15) is 5.78 Å². The van der Waals surface area contributed by atoms with Crippen molar-refractivity contribution in [3.63, 3.8) is 0 Å². The number of oxime groups is 2. The van der Waals surface area contributed by atoms with Crippen molar-refractivity contribution in [3.05, 3.63) is 0 Å². The molecular formula is C18H38N4O3. The highest BCUT2D eigenvalue weighted by Crippen LogP contribution is 2.11. The highest BCUT2D eigenvalue weighted by molar-refractivity contribution is 5.94. The zero-order valence-electron chi connectivity index (χ0n) is 17.2.